The molecule has 10 heteroatoms. The van der Waals surface area contributed by atoms with Gasteiger partial charge in [-0.2, -0.15) is 0 Å². The molecule has 0 amide bonds. The molecule has 10 nitrogen and oxygen atoms in total. The van der Waals surface area contributed by atoms with Crippen LogP contribution in [0, 0.1) is 34.5 Å². The molecule has 37 heavy (non-hydrogen) atoms. The summed E-state index contributed by atoms with van der Waals surface area (Å²) >= 11 is 0. The minimum Gasteiger partial charge on any atom is -0.479 e. The Kier molecular flexibility index (Phi) is 6.72. The lowest BCUT2D eigenvalue weighted by Gasteiger charge is -2.56. The van der Waals surface area contributed by atoms with E-state index in [-0.39, 0.29) is 46.9 Å². The van der Waals surface area contributed by atoms with Gasteiger partial charge in [0.2, 0.25) is 0 Å². The number of carbonyl (C=O) groups excluding carboxylic acids is 3. The molecule has 0 aromatic rings. The maximum Gasteiger partial charge on any atom is 0.335 e. The molecule has 0 aromatic heterocycles. The summed E-state index contributed by atoms with van der Waals surface area (Å²) < 4.78 is 10.6. The number of hydrogen-bond donors (Lipinski definition) is 4. The third-order valence-corrected chi connectivity index (χ3v) is 10.2. The number of aliphatic carboxylic acids is 1. The van der Waals surface area contributed by atoms with Crippen molar-refractivity contribution in [1.82, 2.24) is 0 Å². The summed E-state index contributed by atoms with van der Waals surface area (Å²) in [5, 5.41) is 39.2. The van der Waals surface area contributed by atoms with E-state index in [1.54, 1.807) is 6.08 Å². The number of Topliss-reactive ketones (excluding diaryl/α,β-unsaturated/α-hetero) is 2. The summed E-state index contributed by atoms with van der Waals surface area (Å²) in [6, 6.07) is 0. The number of carbonyl (C=O) groups is 4. The zero-order valence-electron chi connectivity index (χ0n) is 21.2. The molecule has 4 fully saturated rings. The van der Waals surface area contributed by atoms with E-state index in [9.17, 15) is 39.6 Å². The van der Waals surface area contributed by atoms with Gasteiger partial charge < -0.3 is 29.9 Å². The molecule has 0 aromatic carbocycles. The number of aliphatic hydroxyl groups is 3. The van der Waals surface area contributed by atoms with Crippen molar-refractivity contribution in [2.45, 2.75) is 89.5 Å². The first kappa shape index (κ1) is 26.6. The molecule has 1 aliphatic heterocycles. The highest BCUT2D eigenvalue weighted by molar-refractivity contribution is 5.93. The summed E-state index contributed by atoms with van der Waals surface area (Å²) in [4.78, 5) is 50.4. The molecule has 5 rings (SSSR count). The lowest BCUT2D eigenvalue weighted by atomic mass is 9.46. The number of carboxylic acids is 1. The van der Waals surface area contributed by atoms with Crippen molar-refractivity contribution >= 4 is 23.3 Å². The van der Waals surface area contributed by atoms with Gasteiger partial charge in [-0.15, -0.1) is 0 Å². The van der Waals surface area contributed by atoms with Crippen LogP contribution in [-0.2, 0) is 28.7 Å². The highest BCUT2D eigenvalue weighted by Gasteiger charge is 2.63. The highest BCUT2D eigenvalue weighted by Crippen LogP contribution is 2.65. The van der Waals surface area contributed by atoms with Crippen molar-refractivity contribution in [2.24, 2.45) is 34.5 Å². The molecule has 0 bridgehead atoms. The quantitative estimate of drug-likeness (QED) is 0.407. The zero-order valence-corrected chi connectivity index (χ0v) is 21.2. The minimum atomic E-state index is -1.84. The number of aliphatic hydroxyl groups excluding tert-OH is 3. The van der Waals surface area contributed by atoms with Crippen molar-refractivity contribution in [2.75, 3.05) is 6.61 Å². The van der Waals surface area contributed by atoms with Gasteiger partial charge in [0, 0.05) is 24.7 Å². The molecular formula is C27H36O10. The van der Waals surface area contributed by atoms with Crippen molar-refractivity contribution in [3.63, 3.8) is 0 Å². The number of fused-ring (bicyclic) bond motifs is 5. The summed E-state index contributed by atoms with van der Waals surface area (Å²) in [7, 11) is 0. The third-order valence-electron chi connectivity index (χ3n) is 10.2. The fourth-order valence-electron chi connectivity index (χ4n) is 8.37. The van der Waals surface area contributed by atoms with Crippen LogP contribution in [0.25, 0.3) is 0 Å². The molecule has 1 heterocycles. The predicted molar refractivity (Wildman–Crippen MR) is 126 cm³/mol. The van der Waals surface area contributed by atoms with Crippen LogP contribution in [0.15, 0.2) is 11.6 Å². The van der Waals surface area contributed by atoms with Crippen LogP contribution >= 0.6 is 0 Å². The minimum absolute atomic E-state index is 0.134. The molecular weight excluding hydrogens is 484 g/mol. The molecule has 0 radical (unpaired) electrons. The van der Waals surface area contributed by atoms with Crippen molar-refractivity contribution in [1.29, 1.82) is 0 Å². The molecule has 4 N–H and O–H groups in total. The second-order valence-electron chi connectivity index (χ2n) is 12.1. The summed E-state index contributed by atoms with van der Waals surface area (Å²) in [5.41, 5.74) is 0.256. The van der Waals surface area contributed by atoms with Crippen LogP contribution in [0.3, 0.4) is 0 Å². The molecule has 1 saturated heterocycles. The van der Waals surface area contributed by atoms with Crippen LogP contribution in [0.1, 0.15) is 58.8 Å². The molecule has 0 spiro atoms. The normalized spacial score (nSPS) is 47.5. The molecule has 11 atom stereocenters. The first-order valence-electron chi connectivity index (χ1n) is 13.2. The average Bonchev–Trinajstić information content (AvgIpc) is 3.18. The Morgan fingerprint density at radius 2 is 1.78 bits per heavy atom. The Bertz CT molecular complexity index is 1040. The summed E-state index contributed by atoms with van der Waals surface area (Å²) in [6.45, 7) is 3.66. The molecule has 3 saturated carbocycles. The average molecular weight is 521 g/mol. The Labute approximate surface area is 215 Å². The van der Waals surface area contributed by atoms with Crippen LogP contribution in [0.4, 0.5) is 0 Å². The summed E-state index contributed by atoms with van der Waals surface area (Å²) in [6.07, 6.45) is -2.57. The van der Waals surface area contributed by atoms with E-state index in [2.05, 4.69) is 6.92 Å². The molecule has 204 valence electrons. The van der Waals surface area contributed by atoms with Gasteiger partial charge >= 0.3 is 5.97 Å². The number of ketones is 3. The first-order valence-corrected chi connectivity index (χ1v) is 13.2. The fraction of sp³-hybridized carbons (Fsp3) is 0.778. The Morgan fingerprint density at radius 1 is 1.05 bits per heavy atom. The molecule has 4 aliphatic carbocycles. The lowest BCUT2D eigenvalue weighted by Crippen LogP contribution is -2.60. The van der Waals surface area contributed by atoms with Gasteiger partial charge in [-0.05, 0) is 60.8 Å². The van der Waals surface area contributed by atoms with E-state index in [4.69, 9.17) is 9.47 Å². The van der Waals surface area contributed by atoms with Gasteiger partial charge in [0.25, 0.3) is 0 Å². The highest BCUT2D eigenvalue weighted by atomic mass is 16.7. The van der Waals surface area contributed by atoms with Gasteiger partial charge in [-0.3, -0.25) is 14.4 Å². The van der Waals surface area contributed by atoms with E-state index in [0.29, 0.717) is 19.3 Å². The third kappa shape index (κ3) is 4.12. The van der Waals surface area contributed by atoms with Crippen LogP contribution in [0.2, 0.25) is 0 Å². The standard InChI is InChI=1S/C27H36O10/c1-26-8-7-13(28)9-12(26)3-4-14-15-5-6-16(27(15,2)10-17(29)19(14)26)18(30)11-36-25-22(33)20(31)21(32)23(37-25)24(34)35/h9,14-16,19-23,25,31-33H,3-8,10-11H2,1-2H3,(H,34,35)/t14-,15-,16+,19+,20-,21-,22+,23-,25?,26-,27-/m0/s1. The Balaban J connectivity index is 1.30. The van der Waals surface area contributed by atoms with E-state index in [1.807, 2.05) is 6.92 Å². The van der Waals surface area contributed by atoms with E-state index in [0.717, 1.165) is 24.8 Å². The second-order valence-corrected chi connectivity index (χ2v) is 12.1. The molecule has 1 unspecified atom stereocenters. The number of rotatable bonds is 5. The zero-order chi connectivity index (χ0) is 26.9. The monoisotopic (exact) mass is 520 g/mol. The van der Waals surface area contributed by atoms with E-state index in [1.165, 1.54) is 0 Å². The van der Waals surface area contributed by atoms with Gasteiger partial charge in [0.15, 0.2) is 24.0 Å². The largest absolute Gasteiger partial charge is 0.479 e. The number of ether oxygens (including phenoxy) is 2. The maximum atomic E-state index is 13.7. The van der Waals surface area contributed by atoms with Gasteiger partial charge in [0.1, 0.15) is 30.7 Å². The van der Waals surface area contributed by atoms with Crippen LogP contribution in [0.5, 0.6) is 0 Å². The van der Waals surface area contributed by atoms with E-state index >= 15 is 0 Å². The molecule has 5 aliphatic rings. The van der Waals surface area contributed by atoms with Gasteiger partial charge in [-0.25, -0.2) is 4.79 Å². The van der Waals surface area contributed by atoms with Crippen LogP contribution in [-0.4, -0.2) is 81.1 Å². The van der Waals surface area contributed by atoms with Crippen molar-refractivity contribution < 1.29 is 49.1 Å². The van der Waals surface area contributed by atoms with E-state index < -0.39 is 54.6 Å². The topological polar surface area (TPSA) is 168 Å². The number of allylic oxidation sites excluding steroid dienone is 1. The number of carboxylic acid groups (broad SMARTS) is 1. The summed E-state index contributed by atoms with van der Waals surface area (Å²) in [5.74, 6) is -1.75. The Hall–Kier alpha value is -1.98. The fourth-order valence-corrected chi connectivity index (χ4v) is 8.37. The second kappa shape index (κ2) is 9.34. The van der Waals surface area contributed by atoms with Crippen molar-refractivity contribution in [3.8, 4) is 0 Å². The first-order chi connectivity index (χ1) is 17.4. The Morgan fingerprint density at radius 3 is 2.49 bits per heavy atom. The lowest BCUT2D eigenvalue weighted by molar-refractivity contribution is -0.292. The van der Waals surface area contributed by atoms with Crippen molar-refractivity contribution in [3.05, 3.63) is 11.6 Å². The maximum absolute atomic E-state index is 13.7. The van der Waals surface area contributed by atoms with Crippen LogP contribution < -0.4 is 0 Å². The number of hydrogen-bond acceptors (Lipinski definition) is 9. The SMILES string of the molecule is C[C@]12CC(=O)[C@H]3[C@@H](CCC4=CC(=O)CC[C@@]43C)[C@@H]1CC[C@@H]2C(=O)COC1O[C@H](C(=O)O)[C@@H](O)[C@H](O)[C@H]1O. The van der Waals surface area contributed by atoms with Gasteiger partial charge in [0.05, 0.1) is 0 Å². The smallest absolute Gasteiger partial charge is 0.335 e. The van der Waals surface area contributed by atoms with Gasteiger partial charge in [-0.1, -0.05) is 19.4 Å². The predicted octanol–water partition coefficient (Wildman–Crippen LogP) is 0.791.